The minimum Gasteiger partial charge on any atom is -1.00 e. The standard InChI is InChI=1S/C18H21O3P.Li.H/c1-12-6-5-7-13(2)17(12)18(19)22-16-10-8-15(9-11-16)21-14(3)20-4;;/h5-11,14,22H,1-4H3;;/q;+1;-1. The molecule has 2 rings (SSSR count). The second-order valence-corrected chi connectivity index (χ2v) is 6.45. The normalized spacial score (nSPS) is 12.0. The van der Waals surface area contributed by atoms with Crippen molar-refractivity contribution < 1.29 is 34.6 Å². The summed E-state index contributed by atoms with van der Waals surface area (Å²) in [5.74, 6) is 0.738. The van der Waals surface area contributed by atoms with E-state index in [-0.39, 0.29) is 40.7 Å². The molecular weight excluding hydrogens is 302 g/mol. The van der Waals surface area contributed by atoms with E-state index in [1.807, 2.05) is 63.2 Å². The minimum absolute atomic E-state index is 0. The molecule has 0 aliphatic heterocycles. The molecule has 2 unspecified atom stereocenters. The van der Waals surface area contributed by atoms with Crippen molar-refractivity contribution in [3.63, 3.8) is 0 Å². The van der Waals surface area contributed by atoms with E-state index in [1.54, 1.807) is 7.11 Å². The number of methoxy groups -OCH3 is 1. The summed E-state index contributed by atoms with van der Waals surface area (Å²) >= 11 is 0. The van der Waals surface area contributed by atoms with E-state index in [4.69, 9.17) is 9.47 Å². The summed E-state index contributed by atoms with van der Waals surface area (Å²) in [5, 5.41) is 1.00. The van der Waals surface area contributed by atoms with Crippen LogP contribution in [-0.2, 0) is 4.74 Å². The number of benzene rings is 2. The Morgan fingerprint density at radius 3 is 2.17 bits per heavy atom. The molecule has 118 valence electrons. The van der Waals surface area contributed by atoms with Crippen LogP contribution in [0, 0.1) is 13.8 Å². The van der Waals surface area contributed by atoms with Crippen molar-refractivity contribution in [3.05, 3.63) is 59.2 Å². The van der Waals surface area contributed by atoms with Gasteiger partial charge in [-0.25, -0.2) is 0 Å². The number of carbonyl (C=O) groups excluding carboxylic acids is 1. The SMILES string of the molecule is COC(C)Oc1ccc(PC(=O)c2c(C)cccc2C)cc1.[H-].[Li+]. The van der Waals surface area contributed by atoms with E-state index >= 15 is 0 Å². The summed E-state index contributed by atoms with van der Waals surface area (Å²) in [7, 11) is 1.72. The molecule has 0 aliphatic carbocycles. The maximum Gasteiger partial charge on any atom is 1.00 e. The fourth-order valence-corrected chi connectivity index (χ4v) is 3.34. The first-order valence-corrected chi connectivity index (χ1v) is 8.18. The van der Waals surface area contributed by atoms with Crippen LogP contribution in [0.1, 0.15) is 29.8 Å². The maximum absolute atomic E-state index is 12.5. The number of rotatable bonds is 6. The van der Waals surface area contributed by atoms with Crippen molar-refractivity contribution in [2.75, 3.05) is 7.11 Å². The second kappa shape index (κ2) is 9.26. The number of aryl methyl sites for hydroxylation is 2. The molecule has 0 N–H and O–H groups in total. The maximum atomic E-state index is 12.5. The summed E-state index contributed by atoms with van der Waals surface area (Å²) in [6, 6.07) is 13.5. The van der Waals surface area contributed by atoms with E-state index in [0.717, 1.165) is 27.7 Å². The molecule has 23 heavy (non-hydrogen) atoms. The third-order valence-corrected chi connectivity index (χ3v) is 4.55. The zero-order valence-corrected chi connectivity index (χ0v) is 15.3. The van der Waals surface area contributed by atoms with Crippen LogP contribution in [0.4, 0.5) is 0 Å². The fourth-order valence-electron chi connectivity index (χ4n) is 2.22. The Morgan fingerprint density at radius 1 is 1.09 bits per heavy atom. The smallest absolute Gasteiger partial charge is 1.00 e. The topological polar surface area (TPSA) is 35.5 Å². The number of hydrogen-bond acceptors (Lipinski definition) is 3. The van der Waals surface area contributed by atoms with Crippen molar-refractivity contribution in [1.29, 1.82) is 0 Å². The zero-order valence-electron chi connectivity index (χ0n) is 15.3. The monoisotopic (exact) mass is 324 g/mol. The van der Waals surface area contributed by atoms with Gasteiger partial charge in [-0.05, 0) is 57.9 Å². The average Bonchev–Trinajstić information content (AvgIpc) is 2.49. The van der Waals surface area contributed by atoms with Gasteiger partial charge in [0.1, 0.15) is 5.75 Å². The Kier molecular flexibility index (Phi) is 8.03. The largest absolute Gasteiger partial charge is 1.00 e. The van der Waals surface area contributed by atoms with Crippen molar-refractivity contribution in [3.8, 4) is 5.75 Å². The minimum atomic E-state index is -0.287. The van der Waals surface area contributed by atoms with E-state index in [9.17, 15) is 4.79 Å². The van der Waals surface area contributed by atoms with Crippen molar-refractivity contribution >= 4 is 19.4 Å². The Balaban J connectivity index is 0.00000264. The number of carbonyl (C=O) groups is 1. The summed E-state index contributed by atoms with van der Waals surface area (Å²) < 4.78 is 10.6. The zero-order chi connectivity index (χ0) is 16.1. The van der Waals surface area contributed by atoms with Gasteiger partial charge < -0.3 is 10.9 Å². The molecule has 0 heterocycles. The molecule has 2 aromatic rings. The van der Waals surface area contributed by atoms with Crippen LogP contribution in [0.2, 0.25) is 0 Å². The molecule has 0 aliphatic rings. The molecule has 5 heteroatoms. The molecule has 0 fully saturated rings. The Bertz CT molecular complexity index is 642. The summed E-state index contributed by atoms with van der Waals surface area (Å²) in [6.45, 7) is 5.79. The molecule has 3 nitrogen and oxygen atoms in total. The van der Waals surface area contributed by atoms with Gasteiger partial charge in [-0.1, -0.05) is 30.3 Å². The Hall–Kier alpha value is -1.10. The van der Waals surface area contributed by atoms with Crippen molar-refractivity contribution in [2.45, 2.75) is 27.1 Å². The first kappa shape index (κ1) is 19.9. The predicted octanol–water partition coefficient (Wildman–Crippen LogP) is 0.935. The van der Waals surface area contributed by atoms with Crippen molar-refractivity contribution in [1.82, 2.24) is 0 Å². The Morgan fingerprint density at radius 2 is 1.65 bits per heavy atom. The summed E-state index contributed by atoms with van der Waals surface area (Å²) in [5.41, 5.74) is 3.08. The van der Waals surface area contributed by atoms with Gasteiger partial charge in [0, 0.05) is 12.7 Å². The van der Waals surface area contributed by atoms with Crippen LogP contribution < -0.4 is 28.9 Å². The average molecular weight is 324 g/mol. The first-order chi connectivity index (χ1) is 10.5. The van der Waals surface area contributed by atoms with Crippen molar-refractivity contribution in [2.24, 2.45) is 0 Å². The molecule has 0 amide bonds. The quantitative estimate of drug-likeness (QED) is 0.451. The number of ether oxygens (including phenoxy) is 2. The molecule has 0 bridgehead atoms. The molecule has 2 aromatic carbocycles. The number of hydrogen-bond donors (Lipinski definition) is 0. The third kappa shape index (κ3) is 5.48. The predicted molar refractivity (Wildman–Crippen MR) is 92.8 cm³/mol. The van der Waals surface area contributed by atoms with Crippen LogP contribution in [0.15, 0.2) is 42.5 Å². The molecule has 2 atom stereocenters. The first-order valence-electron chi connectivity index (χ1n) is 7.18. The second-order valence-electron chi connectivity index (χ2n) is 5.17. The molecule has 0 radical (unpaired) electrons. The van der Waals surface area contributed by atoms with Gasteiger partial charge in [0.05, 0.1) is 0 Å². The van der Waals surface area contributed by atoms with Gasteiger partial charge in [0.15, 0.2) is 11.8 Å². The summed E-state index contributed by atoms with van der Waals surface area (Å²) in [6.07, 6.45) is -0.287. The van der Waals surface area contributed by atoms with E-state index in [2.05, 4.69) is 0 Å². The van der Waals surface area contributed by atoms with Crippen LogP contribution in [0.25, 0.3) is 0 Å². The van der Waals surface area contributed by atoms with Gasteiger partial charge in [-0.3, -0.25) is 4.79 Å². The van der Waals surface area contributed by atoms with Crippen LogP contribution >= 0.6 is 8.58 Å². The van der Waals surface area contributed by atoms with Gasteiger partial charge >= 0.3 is 18.9 Å². The van der Waals surface area contributed by atoms with Crippen LogP contribution in [-0.4, -0.2) is 18.9 Å². The van der Waals surface area contributed by atoms with E-state index < -0.39 is 0 Å². The molecule has 0 spiro atoms. The molecular formula is C18H22LiO3P. The Labute approximate surface area is 153 Å². The third-order valence-electron chi connectivity index (χ3n) is 3.45. The van der Waals surface area contributed by atoms with E-state index in [0.29, 0.717) is 0 Å². The fraction of sp³-hybridized carbons (Fsp3) is 0.278. The molecule has 0 saturated heterocycles. The molecule has 0 aromatic heterocycles. The van der Waals surface area contributed by atoms with Gasteiger partial charge in [-0.15, -0.1) is 0 Å². The van der Waals surface area contributed by atoms with Gasteiger partial charge in [0.2, 0.25) is 0 Å². The summed E-state index contributed by atoms with van der Waals surface area (Å²) in [4.78, 5) is 12.5. The van der Waals surface area contributed by atoms with Gasteiger partial charge in [-0.2, -0.15) is 0 Å². The van der Waals surface area contributed by atoms with Crippen LogP contribution in [0.5, 0.6) is 5.75 Å². The van der Waals surface area contributed by atoms with Gasteiger partial charge in [0.25, 0.3) is 0 Å². The van der Waals surface area contributed by atoms with E-state index in [1.165, 1.54) is 0 Å². The molecule has 0 saturated carbocycles. The van der Waals surface area contributed by atoms with Crippen LogP contribution in [0.3, 0.4) is 0 Å².